The van der Waals surface area contributed by atoms with E-state index in [4.69, 9.17) is 9.47 Å². The topological polar surface area (TPSA) is 65.1 Å². The molecule has 0 spiro atoms. The minimum Gasteiger partial charge on any atom is -0.444 e. The normalized spacial score (nSPS) is 24.4. The maximum absolute atomic E-state index is 14.3. The van der Waals surface area contributed by atoms with Gasteiger partial charge in [-0.05, 0) is 45.7 Å². The predicted octanol–water partition coefficient (Wildman–Crippen LogP) is 4.02. The van der Waals surface area contributed by atoms with Gasteiger partial charge < -0.3 is 14.2 Å². The Morgan fingerprint density at radius 3 is 2.34 bits per heavy atom. The van der Waals surface area contributed by atoms with Crippen molar-refractivity contribution >= 4 is 11.9 Å². The van der Waals surface area contributed by atoms with Crippen molar-refractivity contribution in [3.8, 4) is 5.75 Å². The van der Waals surface area contributed by atoms with E-state index in [1.165, 1.54) is 6.07 Å². The molecule has 1 aromatic rings. The van der Waals surface area contributed by atoms with E-state index in [2.05, 4.69) is 4.74 Å². The van der Waals surface area contributed by atoms with Gasteiger partial charge in [0.25, 0.3) is 0 Å². The molecular weight excluding hydrogens is 391 g/mol. The molecule has 1 amide bonds. The number of halogens is 3. The number of piperidine rings is 1. The van der Waals surface area contributed by atoms with Crippen LogP contribution in [-0.4, -0.2) is 54.3 Å². The summed E-state index contributed by atoms with van der Waals surface area (Å²) < 4.78 is 55.0. The average molecular weight is 415 g/mol. The van der Waals surface area contributed by atoms with Crippen molar-refractivity contribution in [1.29, 1.82) is 0 Å². The lowest BCUT2D eigenvalue weighted by molar-refractivity contribution is -0.0862. The number of carbonyl (C=O) groups is 2. The van der Waals surface area contributed by atoms with E-state index in [1.54, 1.807) is 25.7 Å². The van der Waals surface area contributed by atoms with Crippen LogP contribution in [0, 0.1) is 11.7 Å². The highest BCUT2D eigenvalue weighted by molar-refractivity contribution is 6.00. The highest BCUT2D eigenvalue weighted by Gasteiger charge is 2.46. The van der Waals surface area contributed by atoms with Crippen LogP contribution in [0.1, 0.15) is 44.0 Å². The molecule has 1 aromatic carbocycles. The summed E-state index contributed by atoms with van der Waals surface area (Å²) in [4.78, 5) is 27.2. The van der Waals surface area contributed by atoms with Crippen LogP contribution >= 0.6 is 0 Å². The van der Waals surface area contributed by atoms with Crippen LogP contribution in [0.5, 0.6) is 5.75 Å². The quantitative estimate of drug-likeness (QED) is 0.695. The zero-order valence-corrected chi connectivity index (χ0v) is 16.5. The van der Waals surface area contributed by atoms with Crippen LogP contribution in [0.4, 0.5) is 18.0 Å². The molecule has 3 rings (SSSR count). The lowest BCUT2D eigenvalue weighted by Crippen LogP contribution is -2.60. The highest BCUT2D eigenvalue weighted by Crippen LogP contribution is 2.37. The second-order valence-electron chi connectivity index (χ2n) is 8.26. The van der Waals surface area contributed by atoms with Crippen molar-refractivity contribution in [3.05, 3.63) is 29.6 Å². The Balaban J connectivity index is 1.82. The number of alkyl halides is 2. The van der Waals surface area contributed by atoms with Gasteiger partial charge >= 0.3 is 12.7 Å². The maximum atomic E-state index is 14.3. The summed E-state index contributed by atoms with van der Waals surface area (Å²) >= 11 is 0. The number of hydrogen-bond acceptors (Lipinski definition) is 5. The van der Waals surface area contributed by atoms with E-state index in [0.29, 0.717) is 0 Å². The predicted molar refractivity (Wildman–Crippen MR) is 96.6 cm³/mol. The fourth-order valence-corrected chi connectivity index (χ4v) is 3.88. The van der Waals surface area contributed by atoms with Gasteiger partial charge in [-0.2, -0.15) is 8.78 Å². The molecule has 0 aliphatic carbocycles. The smallest absolute Gasteiger partial charge is 0.410 e. The zero-order chi connectivity index (χ0) is 21.3. The Kier molecular flexibility index (Phi) is 6.07. The van der Waals surface area contributed by atoms with Gasteiger partial charge in [-0.25, -0.2) is 9.18 Å². The Hall–Kier alpha value is -2.29. The first-order chi connectivity index (χ1) is 13.6. The number of rotatable bonds is 4. The number of carbonyl (C=O) groups excluding carboxylic acids is 2. The maximum Gasteiger partial charge on any atom is 0.410 e. The fraction of sp³-hybridized carbons (Fsp3) is 0.600. The number of Topliss-reactive ketones (excluding diaryl/α,β-unsaturated/α-hetero) is 1. The number of amides is 1. The largest absolute Gasteiger partial charge is 0.444 e. The molecule has 0 saturated carbocycles. The summed E-state index contributed by atoms with van der Waals surface area (Å²) in [6.45, 7) is 2.54. The second-order valence-corrected chi connectivity index (χ2v) is 8.26. The second kappa shape index (κ2) is 8.22. The van der Waals surface area contributed by atoms with Crippen LogP contribution in [0.25, 0.3) is 0 Å². The van der Waals surface area contributed by atoms with E-state index in [9.17, 15) is 22.8 Å². The monoisotopic (exact) mass is 415 g/mol. The molecule has 0 aromatic heterocycles. The average Bonchev–Trinajstić information content (AvgIpc) is 2.58. The summed E-state index contributed by atoms with van der Waals surface area (Å²) in [5, 5.41) is 0. The molecular formula is C20H24F3NO5. The molecule has 2 bridgehead atoms. The number of nitrogens with zero attached hydrogens (tertiary/aromatic N) is 1. The number of benzene rings is 1. The molecule has 2 aliphatic heterocycles. The van der Waals surface area contributed by atoms with Crippen molar-refractivity contribution in [2.45, 2.75) is 57.9 Å². The molecule has 6 nitrogen and oxygen atoms in total. The molecule has 2 heterocycles. The van der Waals surface area contributed by atoms with Crippen molar-refractivity contribution in [3.63, 3.8) is 0 Å². The van der Waals surface area contributed by atoms with E-state index in [1.807, 2.05) is 0 Å². The minimum atomic E-state index is -3.18. The first-order valence-corrected chi connectivity index (χ1v) is 9.43. The van der Waals surface area contributed by atoms with Gasteiger partial charge in [0.05, 0.1) is 30.9 Å². The number of fused-ring (bicyclic) bond motifs is 2. The van der Waals surface area contributed by atoms with Gasteiger partial charge in [0, 0.05) is 5.92 Å². The Bertz CT molecular complexity index is 766. The molecule has 2 unspecified atom stereocenters. The van der Waals surface area contributed by atoms with Gasteiger partial charge in [0.2, 0.25) is 0 Å². The third-order valence-electron chi connectivity index (χ3n) is 4.93. The fourth-order valence-electron chi connectivity index (χ4n) is 3.88. The van der Waals surface area contributed by atoms with E-state index < -0.39 is 59.2 Å². The van der Waals surface area contributed by atoms with Crippen molar-refractivity contribution < 1.29 is 37.0 Å². The van der Waals surface area contributed by atoms with Crippen LogP contribution < -0.4 is 4.74 Å². The van der Waals surface area contributed by atoms with Gasteiger partial charge in [0.15, 0.2) is 5.78 Å². The van der Waals surface area contributed by atoms with Crippen LogP contribution in [0.15, 0.2) is 18.2 Å². The zero-order valence-electron chi connectivity index (χ0n) is 16.5. The molecule has 0 radical (unpaired) electrons. The third-order valence-corrected chi connectivity index (χ3v) is 4.93. The van der Waals surface area contributed by atoms with Crippen molar-refractivity contribution in [2.75, 3.05) is 13.2 Å². The van der Waals surface area contributed by atoms with Gasteiger partial charge in [-0.15, -0.1) is 0 Å². The van der Waals surface area contributed by atoms with Gasteiger partial charge in [-0.1, -0.05) is 6.07 Å². The molecule has 2 saturated heterocycles. The van der Waals surface area contributed by atoms with E-state index in [-0.39, 0.29) is 26.1 Å². The van der Waals surface area contributed by atoms with Crippen LogP contribution in [0.2, 0.25) is 0 Å². The van der Waals surface area contributed by atoms with Crippen molar-refractivity contribution in [2.24, 2.45) is 5.92 Å². The number of ether oxygens (including phenoxy) is 3. The molecule has 160 valence electrons. The third kappa shape index (κ3) is 4.83. The Morgan fingerprint density at radius 1 is 1.17 bits per heavy atom. The SMILES string of the molecule is CC(C)(C)OC(=O)N1C2COCC1CC(C(=O)c1c(F)cccc1OC(F)F)C2. The lowest BCUT2D eigenvalue weighted by Gasteiger charge is -2.47. The van der Waals surface area contributed by atoms with Gasteiger partial charge in [0.1, 0.15) is 17.2 Å². The first kappa shape index (κ1) is 21.4. The lowest BCUT2D eigenvalue weighted by atomic mass is 9.80. The van der Waals surface area contributed by atoms with Gasteiger partial charge in [-0.3, -0.25) is 9.69 Å². The molecule has 2 fully saturated rings. The number of ketones is 1. The van der Waals surface area contributed by atoms with Crippen LogP contribution in [-0.2, 0) is 9.47 Å². The Labute approximate surface area is 166 Å². The minimum absolute atomic E-state index is 0.219. The molecule has 2 atom stereocenters. The number of morpholine rings is 1. The standard InChI is InChI=1S/C20H24F3NO5/c1-20(2,3)29-19(26)24-12-7-11(8-13(24)10-27-9-12)17(25)16-14(21)5-4-6-15(16)28-18(22)23/h4-6,11-13,18H,7-10H2,1-3H3. The number of hydrogen-bond donors (Lipinski definition) is 0. The first-order valence-electron chi connectivity index (χ1n) is 9.43. The van der Waals surface area contributed by atoms with Crippen LogP contribution in [0.3, 0.4) is 0 Å². The van der Waals surface area contributed by atoms with Crippen molar-refractivity contribution in [1.82, 2.24) is 4.90 Å². The Morgan fingerprint density at radius 2 is 1.79 bits per heavy atom. The molecule has 9 heteroatoms. The molecule has 2 aliphatic rings. The molecule has 0 N–H and O–H groups in total. The molecule has 29 heavy (non-hydrogen) atoms. The van der Waals surface area contributed by atoms with E-state index in [0.717, 1.165) is 12.1 Å². The van der Waals surface area contributed by atoms with E-state index >= 15 is 0 Å². The summed E-state index contributed by atoms with van der Waals surface area (Å²) in [6.07, 6.45) is -0.0528. The summed E-state index contributed by atoms with van der Waals surface area (Å²) in [6, 6.07) is 2.54. The highest BCUT2D eigenvalue weighted by atomic mass is 19.3. The summed E-state index contributed by atoms with van der Waals surface area (Å²) in [5.74, 6) is -2.66. The summed E-state index contributed by atoms with van der Waals surface area (Å²) in [7, 11) is 0. The summed E-state index contributed by atoms with van der Waals surface area (Å²) in [5.41, 5.74) is -1.16.